The van der Waals surface area contributed by atoms with Crippen molar-refractivity contribution in [1.29, 1.82) is 0 Å². The highest BCUT2D eigenvalue weighted by atomic mass is 32.1. The van der Waals surface area contributed by atoms with Crippen molar-refractivity contribution in [2.24, 2.45) is 12.5 Å². The predicted molar refractivity (Wildman–Crippen MR) is 190 cm³/mol. The average Bonchev–Trinajstić information content (AvgIpc) is 3.55. The van der Waals surface area contributed by atoms with Gasteiger partial charge in [-0.15, -0.1) is 11.3 Å². The highest BCUT2D eigenvalue weighted by molar-refractivity contribution is 7.14. The van der Waals surface area contributed by atoms with Crippen LogP contribution in [-0.4, -0.2) is 64.2 Å². The Hall–Kier alpha value is -4.06. The van der Waals surface area contributed by atoms with Crippen LogP contribution in [-0.2, 0) is 32.9 Å². The number of halogens is 1. The lowest BCUT2D eigenvalue weighted by Gasteiger charge is -2.38. The number of fused-ring (bicyclic) bond motifs is 3. The van der Waals surface area contributed by atoms with Gasteiger partial charge in [-0.25, -0.2) is 9.37 Å². The summed E-state index contributed by atoms with van der Waals surface area (Å²) in [4.78, 5) is 40.1. The van der Waals surface area contributed by atoms with E-state index in [9.17, 15) is 14.7 Å². The molecule has 48 heavy (non-hydrogen) atoms. The van der Waals surface area contributed by atoms with Crippen molar-refractivity contribution < 1.29 is 14.3 Å². The number of aryl methyl sites for hydroxylation is 1. The van der Waals surface area contributed by atoms with Crippen LogP contribution in [0.25, 0.3) is 11.1 Å². The van der Waals surface area contributed by atoms with E-state index in [-0.39, 0.29) is 22.6 Å². The number of amides is 1. The molecule has 9 nitrogen and oxygen atoms in total. The first-order valence-corrected chi connectivity index (χ1v) is 17.6. The standard InChI is InChI=1S/C37H43FN6O3S/c1-22(2)42-10-12-43(13-11-42)25-6-7-33(39-19-25)40-30-14-23(20-41(5)35(30)46)27-15-24(38)16-31(29(27)21-45)44-9-8-26-28-17-37(3,4)18-32(28)48-34(26)36(44)47/h6-7,14-16,19-20,22,45H,8-13,17-18,21H2,1-5H3,(H,39,40). The molecule has 4 aromatic rings. The normalized spacial score (nSPS) is 17.6. The van der Waals surface area contributed by atoms with E-state index in [1.165, 1.54) is 27.1 Å². The van der Waals surface area contributed by atoms with E-state index in [1.54, 1.807) is 35.5 Å². The molecule has 2 N–H and O–H groups in total. The van der Waals surface area contributed by atoms with Crippen LogP contribution in [0.5, 0.6) is 0 Å². The molecule has 1 aromatic carbocycles. The first-order chi connectivity index (χ1) is 22.9. The number of rotatable bonds is 7. The number of hydrogen-bond acceptors (Lipinski definition) is 8. The lowest BCUT2D eigenvalue weighted by atomic mass is 9.89. The molecule has 252 valence electrons. The molecule has 0 atom stereocenters. The number of anilines is 4. The summed E-state index contributed by atoms with van der Waals surface area (Å²) < 4.78 is 16.8. The Morgan fingerprint density at radius 2 is 1.81 bits per heavy atom. The number of aromatic nitrogens is 2. The third-order valence-electron chi connectivity index (χ3n) is 10.1. The number of thiophene rings is 1. The van der Waals surface area contributed by atoms with Gasteiger partial charge in [-0.05, 0) is 85.5 Å². The summed E-state index contributed by atoms with van der Waals surface area (Å²) in [6.07, 6.45) is 6.05. The van der Waals surface area contributed by atoms with E-state index in [2.05, 4.69) is 47.8 Å². The van der Waals surface area contributed by atoms with E-state index < -0.39 is 12.4 Å². The molecule has 0 spiro atoms. The molecule has 1 saturated heterocycles. The molecular formula is C37H43FN6O3S. The van der Waals surface area contributed by atoms with Gasteiger partial charge in [0, 0.05) is 68.0 Å². The average molecular weight is 671 g/mol. The van der Waals surface area contributed by atoms with Crippen molar-refractivity contribution in [3.05, 3.63) is 85.3 Å². The van der Waals surface area contributed by atoms with Crippen molar-refractivity contribution in [2.45, 2.75) is 59.6 Å². The van der Waals surface area contributed by atoms with Crippen LogP contribution in [0.3, 0.4) is 0 Å². The summed E-state index contributed by atoms with van der Waals surface area (Å²) in [6.45, 7) is 12.8. The van der Waals surface area contributed by atoms with E-state index in [4.69, 9.17) is 0 Å². The highest BCUT2D eigenvalue weighted by Crippen LogP contribution is 2.46. The fourth-order valence-electron chi connectivity index (χ4n) is 7.51. The first-order valence-electron chi connectivity index (χ1n) is 16.7. The van der Waals surface area contributed by atoms with Gasteiger partial charge in [0.25, 0.3) is 11.5 Å². The lowest BCUT2D eigenvalue weighted by Crippen LogP contribution is -2.48. The topological polar surface area (TPSA) is 93.9 Å². The number of nitrogens with zero attached hydrogens (tertiary/aromatic N) is 5. The molecule has 3 aliphatic rings. The second-order valence-corrected chi connectivity index (χ2v) is 15.5. The van der Waals surface area contributed by atoms with Gasteiger partial charge in [0.2, 0.25) is 0 Å². The van der Waals surface area contributed by atoms with Gasteiger partial charge in [-0.1, -0.05) is 13.8 Å². The first kappa shape index (κ1) is 32.5. The van der Waals surface area contributed by atoms with Crippen molar-refractivity contribution >= 4 is 40.1 Å². The molecule has 1 aliphatic carbocycles. The number of piperazine rings is 1. The summed E-state index contributed by atoms with van der Waals surface area (Å²) in [7, 11) is 1.64. The highest BCUT2D eigenvalue weighted by Gasteiger charge is 2.38. The van der Waals surface area contributed by atoms with Crippen molar-refractivity contribution in [1.82, 2.24) is 14.5 Å². The lowest BCUT2D eigenvalue weighted by molar-refractivity contribution is 0.0984. The zero-order valence-corrected chi connectivity index (χ0v) is 29.1. The minimum atomic E-state index is -0.527. The maximum Gasteiger partial charge on any atom is 0.274 e. The number of nitrogens with one attached hydrogen (secondary N) is 1. The van der Waals surface area contributed by atoms with Gasteiger partial charge in [0.05, 0.1) is 29.1 Å². The minimum Gasteiger partial charge on any atom is -0.392 e. The molecule has 0 bridgehead atoms. The second-order valence-electron chi connectivity index (χ2n) is 14.3. The Balaban J connectivity index is 1.16. The quantitative estimate of drug-likeness (QED) is 0.259. The summed E-state index contributed by atoms with van der Waals surface area (Å²) >= 11 is 1.56. The molecule has 1 amide bonds. The Labute approximate surface area is 284 Å². The molecule has 0 unspecified atom stereocenters. The zero-order chi connectivity index (χ0) is 33.9. The van der Waals surface area contributed by atoms with Crippen LogP contribution in [0, 0.1) is 11.2 Å². The second kappa shape index (κ2) is 12.4. The van der Waals surface area contributed by atoms with Crippen LogP contribution in [0.1, 0.15) is 58.9 Å². The van der Waals surface area contributed by atoms with Gasteiger partial charge in [-0.2, -0.15) is 0 Å². The fraction of sp³-hybridized carbons (Fsp3) is 0.432. The van der Waals surface area contributed by atoms with Gasteiger partial charge >= 0.3 is 0 Å². The molecule has 7 rings (SSSR count). The minimum absolute atomic E-state index is 0.154. The smallest absolute Gasteiger partial charge is 0.274 e. The monoisotopic (exact) mass is 670 g/mol. The third-order valence-corrected chi connectivity index (χ3v) is 11.3. The molecule has 2 aliphatic heterocycles. The van der Waals surface area contributed by atoms with Crippen LogP contribution < -0.4 is 20.7 Å². The van der Waals surface area contributed by atoms with Gasteiger partial charge < -0.3 is 24.8 Å². The number of benzene rings is 1. The van der Waals surface area contributed by atoms with Crippen LogP contribution in [0.2, 0.25) is 0 Å². The summed E-state index contributed by atoms with van der Waals surface area (Å²) in [5, 5.41) is 13.8. The molecule has 1 fully saturated rings. The SMILES string of the molecule is CC(C)N1CCN(c2ccc(Nc3cc(-c4cc(F)cc(N5CCc6c(sc7c6CC(C)(C)C7)C5=O)c4CO)cn(C)c3=O)nc2)CC1. The Kier molecular flexibility index (Phi) is 8.41. The maximum atomic E-state index is 15.4. The van der Waals surface area contributed by atoms with E-state index in [0.29, 0.717) is 47.2 Å². The maximum absolute atomic E-state index is 15.4. The molecule has 11 heteroatoms. The van der Waals surface area contributed by atoms with Crippen molar-refractivity contribution in [3.63, 3.8) is 0 Å². The Bertz CT molecular complexity index is 1940. The Morgan fingerprint density at radius 3 is 2.50 bits per heavy atom. The van der Waals surface area contributed by atoms with Crippen LogP contribution in [0.4, 0.5) is 27.3 Å². The fourth-order valence-corrected chi connectivity index (χ4v) is 9.08. The van der Waals surface area contributed by atoms with E-state index >= 15 is 4.39 Å². The number of pyridine rings is 2. The van der Waals surface area contributed by atoms with Gasteiger partial charge in [0.1, 0.15) is 17.3 Å². The van der Waals surface area contributed by atoms with E-state index in [0.717, 1.165) is 55.1 Å². The summed E-state index contributed by atoms with van der Waals surface area (Å²) in [5.41, 5.74) is 5.41. The Morgan fingerprint density at radius 1 is 1.04 bits per heavy atom. The van der Waals surface area contributed by atoms with Crippen molar-refractivity contribution in [3.8, 4) is 11.1 Å². The summed E-state index contributed by atoms with van der Waals surface area (Å²) in [5.74, 6) is -0.169. The molecular weight excluding hydrogens is 628 g/mol. The number of aliphatic hydroxyl groups excluding tert-OH is 1. The van der Waals surface area contributed by atoms with Gasteiger partial charge in [0.15, 0.2) is 0 Å². The largest absolute Gasteiger partial charge is 0.392 e. The predicted octanol–water partition coefficient (Wildman–Crippen LogP) is 5.74. The molecule has 3 aromatic heterocycles. The zero-order valence-electron chi connectivity index (χ0n) is 28.3. The van der Waals surface area contributed by atoms with Crippen LogP contribution in [0.15, 0.2) is 47.5 Å². The third kappa shape index (κ3) is 5.92. The summed E-state index contributed by atoms with van der Waals surface area (Å²) in [6, 6.07) is 8.72. The number of carbonyl (C=O) groups is 1. The van der Waals surface area contributed by atoms with E-state index in [1.807, 2.05) is 18.3 Å². The number of carbonyl (C=O) groups excluding carboxylic acids is 1. The van der Waals surface area contributed by atoms with Gasteiger partial charge in [-0.3, -0.25) is 14.5 Å². The van der Waals surface area contributed by atoms with Crippen LogP contribution >= 0.6 is 11.3 Å². The molecule has 0 radical (unpaired) electrons. The number of aliphatic hydroxyl groups is 1. The number of hydrogen-bond donors (Lipinski definition) is 2. The molecule has 0 saturated carbocycles. The van der Waals surface area contributed by atoms with Crippen molar-refractivity contribution in [2.75, 3.05) is 47.8 Å². The molecule has 5 heterocycles.